The van der Waals surface area contributed by atoms with Crippen molar-refractivity contribution in [3.63, 3.8) is 0 Å². The summed E-state index contributed by atoms with van der Waals surface area (Å²) in [5.74, 6) is 0.780. The van der Waals surface area contributed by atoms with Gasteiger partial charge in [0.15, 0.2) is 5.82 Å². The fraction of sp³-hybridized carbons (Fsp3) is 0.211. The average molecular weight is 392 g/mol. The Balaban J connectivity index is 1.69. The maximum absolute atomic E-state index is 5.93. The van der Waals surface area contributed by atoms with Crippen LogP contribution in [-0.4, -0.2) is 38.1 Å². The average Bonchev–Trinajstić information content (AvgIpc) is 3.28. The minimum Gasteiger partial charge on any atom is -0.404 e. The normalized spacial score (nSPS) is 13.8. The van der Waals surface area contributed by atoms with Crippen LogP contribution in [-0.2, 0) is 6.42 Å². The molecule has 0 saturated heterocycles. The van der Waals surface area contributed by atoms with Crippen LogP contribution in [0.2, 0.25) is 0 Å². The first kappa shape index (κ1) is 18.2. The molecule has 28 heavy (non-hydrogen) atoms. The Hall–Kier alpha value is -3.17. The van der Waals surface area contributed by atoms with Gasteiger partial charge >= 0.3 is 0 Å². The molecule has 1 aromatic carbocycles. The molecule has 8 nitrogen and oxygen atoms in total. The smallest absolute Gasteiger partial charge is 0.234 e. The van der Waals surface area contributed by atoms with Gasteiger partial charge in [0.2, 0.25) is 4.96 Å². The molecule has 0 radical (unpaired) electrons. The fourth-order valence-corrected chi connectivity index (χ4v) is 3.76. The minimum atomic E-state index is -0.124. The molecule has 9 heteroatoms. The van der Waals surface area contributed by atoms with Crippen molar-refractivity contribution in [2.24, 2.45) is 16.5 Å². The van der Waals surface area contributed by atoms with Crippen molar-refractivity contribution in [3.8, 4) is 0 Å². The predicted molar refractivity (Wildman–Crippen MR) is 112 cm³/mol. The number of aromatic nitrogens is 5. The van der Waals surface area contributed by atoms with Crippen LogP contribution in [0.15, 0.2) is 41.7 Å². The fourth-order valence-electron chi connectivity index (χ4n) is 2.95. The Morgan fingerprint density at radius 1 is 1.32 bits per heavy atom. The Morgan fingerprint density at radius 2 is 2.18 bits per heavy atom. The van der Waals surface area contributed by atoms with E-state index in [1.54, 1.807) is 24.0 Å². The molecule has 3 aromatic heterocycles. The quantitative estimate of drug-likeness (QED) is 0.503. The van der Waals surface area contributed by atoms with E-state index >= 15 is 0 Å². The molecule has 0 aliphatic carbocycles. The molecule has 0 aliphatic rings. The maximum atomic E-state index is 5.93. The highest BCUT2D eigenvalue weighted by Gasteiger charge is 2.14. The molecule has 4 aromatic rings. The van der Waals surface area contributed by atoms with Crippen molar-refractivity contribution >= 4 is 39.0 Å². The van der Waals surface area contributed by atoms with E-state index in [9.17, 15) is 0 Å². The lowest BCUT2D eigenvalue weighted by Gasteiger charge is -2.06. The summed E-state index contributed by atoms with van der Waals surface area (Å²) in [5, 5.41) is 14.9. The topological polar surface area (TPSA) is 120 Å². The Kier molecular flexibility index (Phi) is 4.84. The van der Waals surface area contributed by atoms with Crippen LogP contribution in [0.25, 0.3) is 21.4 Å². The number of hydrogen-bond donors (Lipinski definition) is 2. The summed E-state index contributed by atoms with van der Waals surface area (Å²) < 4.78 is 1.77. The lowest BCUT2D eigenvalue weighted by atomic mass is 10.0. The SMILES string of the molecule is CN=C/C(=C\N)c1cnc2ccc(Cc3nnc4sc([C@@H](C)N)nn34)cc2c1. The molecule has 0 amide bonds. The minimum absolute atomic E-state index is 0.124. The number of nitrogens with zero attached hydrogens (tertiary/aromatic N) is 6. The summed E-state index contributed by atoms with van der Waals surface area (Å²) in [5.41, 5.74) is 15.4. The summed E-state index contributed by atoms with van der Waals surface area (Å²) in [4.78, 5) is 9.32. The molecular weight excluding hydrogens is 372 g/mol. The first-order valence-electron chi connectivity index (χ1n) is 8.78. The largest absolute Gasteiger partial charge is 0.404 e. The number of aliphatic imine (C=N–C) groups is 1. The van der Waals surface area contributed by atoms with E-state index in [0.717, 1.165) is 43.4 Å². The van der Waals surface area contributed by atoms with Gasteiger partial charge in [-0.15, -0.1) is 10.2 Å². The van der Waals surface area contributed by atoms with Crippen molar-refractivity contribution in [1.29, 1.82) is 0 Å². The molecule has 0 spiro atoms. The van der Waals surface area contributed by atoms with Crippen molar-refractivity contribution in [2.45, 2.75) is 19.4 Å². The Morgan fingerprint density at radius 3 is 2.93 bits per heavy atom. The summed E-state index contributed by atoms with van der Waals surface area (Å²) >= 11 is 1.46. The Labute approximate surface area is 165 Å². The zero-order valence-electron chi connectivity index (χ0n) is 15.6. The second-order valence-corrected chi connectivity index (χ2v) is 7.46. The maximum Gasteiger partial charge on any atom is 0.234 e. The lowest BCUT2D eigenvalue weighted by Crippen LogP contribution is -2.06. The highest BCUT2D eigenvalue weighted by Crippen LogP contribution is 2.22. The van der Waals surface area contributed by atoms with Crippen molar-refractivity contribution < 1.29 is 0 Å². The van der Waals surface area contributed by atoms with Crippen LogP contribution in [0.4, 0.5) is 0 Å². The van der Waals surface area contributed by atoms with Gasteiger partial charge in [0.1, 0.15) is 5.01 Å². The van der Waals surface area contributed by atoms with Crippen LogP contribution in [0, 0.1) is 0 Å². The zero-order chi connectivity index (χ0) is 19.7. The number of pyridine rings is 1. The van der Waals surface area contributed by atoms with E-state index in [4.69, 9.17) is 11.5 Å². The van der Waals surface area contributed by atoms with Gasteiger partial charge in [-0.3, -0.25) is 9.98 Å². The number of fused-ring (bicyclic) bond motifs is 2. The summed E-state index contributed by atoms with van der Waals surface area (Å²) in [6.07, 6.45) is 5.66. The van der Waals surface area contributed by atoms with Crippen LogP contribution < -0.4 is 11.5 Å². The molecule has 0 unspecified atom stereocenters. The molecule has 0 fully saturated rings. The molecule has 1 atom stereocenters. The molecule has 4 rings (SSSR count). The monoisotopic (exact) mass is 392 g/mol. The molecule has 0 aliphatic heterocycles. The van der Waals surface area contributed by atoms with Gasteiger partial charge in [-0.2, -0.15) is 9.61 Å². The van der Waals surface area contributed by atoms with E-state index in [2.05, 4.69) is 37.4 Å². The van der Waals surface area contributed by atoms with Crippen molar-refractivity contribution in [2.75, 3.05) is 7.05 Å². The van der Waals surface area contributed by atoms with Crippen molar-refractivity contribution in [3.05, 3.63) is 58.6 Å². The zero-order valence-corrected chi connectivity index (χ0v) is 16.4. The van der Waals surface area contributed by atoms with Gasteiger partial charge in [-0.1, -0.05) is 17.4 Å². The molecule has 3 heterocycles. The summed E-state index contributed by atoms with van der Waals surface area (Å²) in [7, 11) is 1.71. The number of benzene rings is 1. The van der Waals surface area contributed by atoms with Gasteiger partial charge in [0, 0.05) is 48.6 Å². The lowest BCUT2D eigenvalue weighted by molar-refractivity contribution is 0.750. The molecule has 0 saturated carbocycles. The van der Waals surface area contributed by atoms with Crippen LogP contribution >= 0.6 is 11.3 Å². The summed E-state index contributed by atoms with van der Waals surface area (Å²) in [6.45, 7) is 1.91. The van der Waals surface area contributed by atoms with Crippen LogP contribution in [0.1, 0.15) is 34.9 Å². The standard InChI is InChI=1S/C19H20N8S/c1-11(21)18-26-27-17(24-25-19(27)28-18)6-12-3-4-16-13(5-12)7-14(10-23-16)15(8-20)9-22-2/h3-5,7-11H,6,20-21H2,1-2H3/b15-8+,22-9?/t11-/m1/s1. The van der Waals surface area contributed by atoms with Crippen molar-refractivity contribution in [1.82, 2.24) is 24.8 Å². The summed E-state index contributed by atoms with van der Waals surface area (Å²) in [6, 6.07) is 8.08. The first-order chi connectivity index (χ1) is 13.6. The highest BCUT2D eigenvalue weighted by molar-refractivity contribution is 7.16. The van der Waals surface area contributed by atoms with E-state index in [1.165, 1.54) is 17.5 Å². The molecule has 142 valence electrons. The second kappa shape index (κ2) is 7.45. The number of rotatable bonds is 5. The van der Waals surface area contributed by atoms with Gasteiger partial charge in [-0.25, -0.2) is 0 Å². The number of nitrogens with two attached hydrogens (primary N) is 2. The Bertz CT molecular complexity index is 1200. The van der Waals surface area contributed by atoms with E-state index in [1.807, 2.05) is 19.1 Å². The third-order valence-corrected chi connectivity index (χ3v) is 5.45. The van der Waals surface area contributed by atoms with E-state index < -0.39 is 0 Å². The number of hydrogen-bond acceptors (Lipinski definition) is 8. The van der Waals surface area contributed by atoms with Gasteiger partial charge < -0.3 is 11.5 Å². The van der Waals surface area contributed by atoms with Crippen LogP contribution in [0.3, 0.4) is 0 Å². The first-order valence-corrected chi connectivity index (χ1v) is 9.60. The molecule has 0 bridgehead atoms. The van der Waals surface area contributed by atoms with Crippen LogP contribution in [0.5, 0.6) is 0 Å². The predicted octanol–water partition coefficient (Wildman–Crippen LogP) is 2.34. The van der Waals surface area contributed by atoms with Gasteiger partial charge in [0.05, 0.1) is 11.6 Å². The highest BCUT2D eigenvalue weighted by atomic mass is 32.1. The van der Waals surface area contributed by atoms with Gasteiger partial charge in [0.25, 0.3) is 0 Å². The third-order valence-electron chi connectivity index (χ3n) is 4.35. The van der Waals surface area contributed by atoms with E-state index in [-0.39, 0.29) is 6.04 Å². The molecular formula is C19H20N8S. The molecule has 4 N–H and O–H groups in total. The van der Waals surface area contributed by atoms with E-state index in [0.29, 0.717) is 6.42 Å². The van der Waals surface area contributed by atoms with Gasteiger partial charge in [-0.05, 0) is 30.7 Å². The second-order valence-electron chi connectivity index (χ2n) is 6.48. The third kappa shape index (κ3) is 3.37. The number of allylic oxidation sites excluding steroid dienone is 1.